The Morgan fingerprint density at radius 1 is 1.47 bits per heavy atom. The molecule has 0 fully saturated rings. The number of aliphatic imine (C=N–C) groups is 1. The predicted molar refractivity (Wildman–Crippen MR) is 129 cm³/mol. The van der Waals surface area contributed by atoms with Crippen molar-refractivity contribution in [2.45, 2.75) is 46.5 Å². The van der Waals surface area contributed by atoms with Crippen molar-refractivity contribution in [3.8, 4) is 6.07 Å². The normalized spacial score (nSPS) is 14.5. The van der Waals surface area contributed by atoms with E-state index in [4.69, 9.17) is 10.5 Å². The fraction of sp³-hybridized carbons (Fsp3) is 0.435. The number of pyridine rings is 1. The number of anilines is 1. The second kappa shape index (κ2) is 13.0. The molecule has 0 atom stereocenters. The van der Waals surface area contributed by atoms with Crippen molar-refractivity contribution in [2.75, 3.05) is 24.8 Å². The van der Waals surface area contributed by atoms with Gasteiger partial charge in [0.05, 0.1) is 18.7 Å². The van der Waals surface area contributed by atoms with Crippen LogP contribution in [-0.2, 0) is 4.74 Å². The second-order valence-corrected chi connectivity index (χ2v) is 7.08. The van der Waals surface area contributed by atoms with E-state index in [0.717, 1.165) is 24.2 Å². The fourth-order valence-corrected chi connectivity index (χ4v) is 3.27. The van der Waals surface area contributed by atoms with Crippen LogP contribution in [-0.4, -0.2) is 48.6 Å². The topological polar surface area (TPSA) is 115 Å². The first-order valence-electron chi connectivity index (χ1n) is 10.8. The SMILES string of the molecule is C=NN(/C(=C\C)CC1=C(CCC)CN(/N=C(\N)CCOCC)C=N1)c1ncccc1C#N. The van der Waals surface area contributed by atoms with Crippen molar-refractivity contribution < 1.29 is 4.74 Å². The molecule has 1 aliphatic heterocycles. The molecule has 0 bridgehead atoms. The van der Waals surface area contributed by atoms with Gasteiger partial charge in [0.25, 0.3) is 0 Å². The highest BCUT2D eigenvalue weighted by atomic mass is 16.5. The quantitative estimate of drug-likeness (QED) is 0.231. The molecule has 0 spiro atoms. The molecule has 170 valence electrons. The van der Waals surface area contributed by atoms with Crippen molar-refractivity contribution in [1.82, 2.24) is 9.99 Å². The number of aromatic nitrogens is 1. The van der Waals surface area contributed by atoms with Crippen LogP contribution in [0.2, 0.25) is 0 Å². The van der Waals surface area contributed by atoms with E-state index in [2.05, 4.69) is 39.9 Å². The molecule has 9 heteroatoms. The maximum absolute atomic E-state index is 9.45. The van der Waals surface area contributed by atoms with Crippen molar-refractivity contribution in [3.63, 3.8) is 0 Å². The predicted octanol–water partition coefficient (Wildman–Crippen LogP) is 3.77. The summed E-state index contributed by atoms with van der Waals surface area (Å²) < 4.78 is 5.34. The monoisotopic (exact) mass is 436 g/mol. The van der Waals surface area contributed by atoms with Crippen molar-refractivity contribution in [3.05, 3.63) is 46.9 Å². The Labute approximate surface area is 190 Å². The Kier molecular flexibility index (Phi) is 10.1. The summed E-state index contributed by atoms with van der Waals surface area (Å²) in [6, 6.07) is 5.59. The highest BCUT2D eigenvalue weighted by molar-refractivity contribution is 5.81. The summed E-state index contributed by atoms with van der Waals surface area (Å²) in [6.45, 7) is 11.5. The lowest BCUT2D eigenvalue weighted by Gasteiger charge is -2.26. The van der Waals surface area contributed by atoms with Crippen LogP contribution in [0.25, 0.3) is 0 Å². The average molecular weight is 437 g/mol. The number of rotatable bonds is 12. The van der Waals surface area contributed by atoms with Gasteiger partial charge in [-0.3, -0.25) is 0 Å². The summed E-state index contributed by atoms with van der Waals surface area (Å²) >= 11 is 0. The smallest absolute Gasteiger partial charge is 0.171 e. The molecule has 0 amide bonds. The first kappa shape index (κ1) is 24.8. The van der Waals surface area contributed by atoms with Gasteiger partial charge < -0.3 is 10.5 Å². The van der Waals surface area contributed by atoms with E-state index in [9.17, 15) is 5.26 Å². The number of nitriles is 1. The van der Waals surface area contributed by atoms with Gasteiger partial charge in [-0.05, 0) is 38.0 Å². The molecule has 1 aromatic heterocycles. The fourth-order valence-electron chi connectivity index (χ4n) is 3.27. The second-order valence-electron chi connectivity index (χ2n) is 7.08. The Morgan fingerprint density at radius 3 is 2.94 bits per heavy atom. The Balaban J connectivity index is 2.23. The molecule has 0 saturated carbocycles. The van der Waals surface area contributed by atoms with Gasteiger partial charge in [-0.15, -0.1) is 0 Å². The minimum absolute atomic E-state index is 0.428. The van der Waals surface area contributed by atoms with E-state index in [0.29, 0.717) is 49.8 Å². The Bertz CT molecular complexity index is 942. The van der Waals surface area contributed by atoms with Crippen LogP contribution in [0.4, 0.5) is 5.82 Å². The van der Waals surface area contributed by atoms with E-state index in [1.54, 1.807) is 34.7 Å². The highest BCUT2D eigenvalue weighted by Gasteiger charge is 2.20. The van der Waals surface area contributed by atoms with Crippen LogP contribution < -0.4 is 10.7 Å². The van der Waals surface area contributed by atoms with E-state index in [-0.39, 0.29) is 0 Å². The van der Waals surface area contributed by atoms with Gasteiger partial charge in [-0.2, -0.15) is 15.5 Å². The van der Waals surface area contributed by atoms with Crippen LogP contribution in [0, 0.1) is 11.3 Å². The number of hydrazone groups is 2. The largest absolute Gasteiger partial charge is 0.386 e. The third-order valence-corrected chi connectivity index (χ3v) is 4.83. The van der Waals surface area contributed by atoms with Crippen LogP contribution in [0.1, 0.15) is 52.0 Å². The lowest BCUT2D eigenvalue weighted by Crippen LogP contribution is -2.28. The Morgan fingerprint density at radius 2 is 2.28 bits per heavy atom. The zero-order valence-electron chi connectivity index (χ0n) is 19.2. The number of hydrogen-bond donors (Lipinski definition) is 1. The van der Waals surface area contributed by atoms with Crippen LogP contribution >= 0.6 is 0 Å². The van der Waals surface area contributed by atoms with E-state index in [1.165, 1.54) is 5.57 Å². The molecule has 1 aromatic rings. The van der Waals surface area contributed by atoms with Crippen LogP contribution in [0.3, 0.4) is 0 Å². The molecule has 32 heavy (non-hydrogen) atoms. The average Bonchev–Trinajstić information content (AvgIpc) is 2.80. The maximum Gasteiger partial charge on any atom is 0.171 e. The minimum Gasteiger partial charge on any atom is -0.386 e. The third kappa shape index (κ3) is 6.75. The molecule has 2 N–H and O–H groups in total. The van der Waals surface area contributed by atoms with Crippen LogP contribution in [0.15, 0.2) is 56.6 Å². The van der Waals surface area contributed by atoms with Gasteiger partial charge in [0.2, 0.25) is 0 Å². The number of amidine groups is 1. The molecular formula is C23H32N8O. The molecular weight excluding hydrogens is 404 g/mol. The molecule has 2 rings (SSSR count). The summed E-state index contributed by atoms with van der Waals surface area (Å²) in [6.07, 6.45) is 8.25. The molecule has 2 heterocycles. The Hall–Kier alpha value is -3.51. The molecule has 0 radical (unpaired) electrons. The highest BCUT2D eigenvalue weighted by Crippen LogP contribution is 2.29. The minimum atomic E-state index is 0.428. The standard InChI is InChI=1S/C23H32N8O/c1-5-9-19-16-30(29-22(25)11-13-32-7-3)17-28-21(19)14-20(6-2)31(26-4)23-18(15-24)10-8-12-27-23/h6,8,10,12,17H,4-5,7,9,11,13-14,16H2,1-3H3,(H2,25,29)/b20-6-. The third-order valence-electron chi connectivity index (χ3n) is 4.83. The summed E-state index contributed by atoms with van der Waals surface area (Å²) in [5.74, 6) is 0.961. The lowest BCUT2D eigenvalue weighted by molar-refractivity contribution is 0.154. The van der Waals surface area contributed by atoms with Crippen LogP contribution in [0.5, 0.6) is 0 Å². The summed E-state index contributed by atoms with van der Waals surface area (Å²) in [7, 11) is 0. The van der Waals surface area contributed by atoms with Gasteiger partial charge in [0, 0.05) is 43.8 Å². The van der Waals surface area contributed by atoms with Gasteiger partial charge >= 0.3 is 0 Å². The zero-order valence-corrected chi connectivity index (χ0v) is 19.2. The maximum atomic E-state index is 9.45. The number of ether oxygens (including phenoxy) is 1. The van der Waals surface area contributed by atoms with E-state index in [1.807, 2.05) is 19.9 Å². The van der Waals surface area contributed by atoms with Crippen molar-refractivity contribution >= 4 is 24.7 Å². The van der Waals surface area contributed by atoms with Gasteiger partial charge in [0.1, 0.15) is 18.2 Å². The van der Waals surface area contributed by atoms with E-state index >= 15 is 0 Å². The van der Waals surface area contributed by atoms with Crippen molar-refractivity contribution in [1.29, 1.82) is 5.26 Å². The van der Waals surface area contributed by atoms with Gasteiger partial charge in [0.15, 0.2) is 5.82 Å². The van der Waals surface area contributed by atoms with Crippen molar-refractivity contribution in [2.24, 2.45) is 20.9 Å². The molecule has 9 nitrogen and oxygen atoms in total. The summed E-state index contributed by atoms with van der Waals surface area (Å²) in [5.41, 5.74) is 9.43. The zero-order chi connectivity index (χ0) is 23.3. The molecule has 0 aliphatic carbocycles. The number of nitrogens with two attached hydrogens (primary N) is 1. The van der Waals surface area contributed by atoms with Gasteiger partial charge in [-0.1, -0.05) is 19.4 Å². The first-order chi connectivity index (χ1) is 15.6. The number of nitrogens with zero attached hydrogens (tertiary/aromatic N) is 7. The summed E-state index contributed by atoms with van der Waals surface area (Å²) in [5, 5.41) is 21.4. The van der Waals surface area contributed by atoms with E-state index < -0.39 is 0 Å². The molecule has 0 aromatic carbocycles. The molecule has 1 aliphatic rings. The molecule has 0 unspecified atom stereocenters. The number of allylic oxidation sites excluding steroid dienone is 1. The van der Waals surface area contributed by atoms with Gasteiger partial charge in [-0.25, -0.2) is 20.0 Å². The number of hydrogen-bond acceptors (Lipinski definition) is 8. The molecule has 0 saturated heterocycles. The summed E-state index contributed by atoms with van der Waals surface area (Å²) in [4.78, 5) is 9.01. The first-order valence-corrected chi connectivity index (χ1v) is 10.8. The lowest BCUT2D eigenvalue weighted by atomic mass is 10.0.